The van der Waals surface area contributed by atoms with Crippen molar-refractivity contribution in [3.8, 4) is 5.75 Å². The first kappa shape index (κ1) is 17.3. The zero-order valence-corrected chi connectivity index (χ0v) is 14.0. The standard InChI is InChI=1S/C18H25NO4/c1-18(2,3)23-17(22)19-9-5-7-14(11-19)16(12-20)13-6-4-8-15(21)10-13/h4,6,8,10,12,14,16,21H,5,7,9,11H2,1-3H3. The first-order chi connectivity index (χ1) is 10.8. The van der Waals surface area contributed by atoms with Crippen LogP contribution in [0.1, 0.15) is 45.1 Å². The van der Waals surface area contributed by atoms with Gasteiger partial charge < -0.3 is 19.5 Å². The SMILES string of the molecule is CC(C)(C)OC(=O)N1CCCC(C(C=O)c2cccc(O)c2)C1. The highest BCUT2D eigenvalue weighted by Gasteiger charge is 2.32. The topological polar surface area (TPSA) is 66.8 Å². The van der Waals surface area contributed by atoms with E-state index in [4.69, 9.17) is 4.74 Å². The Hall–Kier alpha value is -2.04. The fourth-order valence-electron chi connectivity index (χ4n) is 2.99. The molecule has 23 heavy (non-hydrogen) atoms. The smallest absolute Gasteiger partial charge is 0.410 e. The minimum absolute atomic E-state index is 0.0376. The number of aromatic hydroxyl groups is 1. The highest BCUT2D eigenvalue weighted by atomic mass is 16.6. The Kier molecular flexibility index (Phi) is 5.29. The summed E-state index contributed by atoms with van der Waals surface area (Å²) in [6.45, 7) is 6.67. The van der Waals surface area contributed by atoms with Crippen LogP contribution in [-0.2, 0) is 9.53 Å². The summed E-state index contributed by atoms with van der Waals surface area (Å²) in [7, 11) is 0. The van der Waals surface area contributed by atoms with E-state index >= 15 is 0 Å². The van der Waals surface area contributed by atoms with Crippen molar-refractivity contribution in [3.63, 3.8) is 0 Å². The van der Waals surface area contributed by atoms with Crippen LogP contribution in [0.15, 0.2) is 24.3 Å². The van der Waals surface area contributed by atoms with Crippen molar-refractivity contribution in [2.45, 2.75) is 45.1 Å². The fourth-order valence-corrected chi connectivity index (χ4v) is 2.99. The van der Waals surface area contributed by atoms with Crippen LogP contribution in [0, 0.1) is 5.92 Å². The Balaban J connectivity index is 2.10. The quantitative estimate of drug-likeness (QED) is 0.868. The Morgan fingerprint density at radius 3 is 2.78 bits per heavy atom. The maximum absolute atomic E-state index is 12.2. The maximum atomic E-state index is 12.2. The van der Waals surface area contributed by atoms with Gasteiger partial charge in [0.2, 0.25) is 0 Å². The molecule has 1 N–H and O–H groups in total. The van der Waals surface area contributed by atoms with Crippen molar-refractivity contribution < 1.29 is 19.4 Å². The minimum Gasteiger partial charge on any atom is -0.508 e. The van der Waals surface area contributed by atoms with Gasteiger partial charge in [-0.05, 0) is 57.2 Å². The Morgan fingerprint density at radius 2 is 2.17 bits per heavy atom. The average Bonchev–Trinajstić information content (AvgIpc) is 2.47. The Bertz CT molecular complexity index is 564. The molecule has 2 unspecified atom stereocenters. The molecule has 0 aliphatic carbocycles. The van der Waals surface area contributed by atoms with Crippen molar-refractivity contribution in [2.75, 3.05) is 13.1 Å². The molecule has 1 fully saturated rings. The average molecular weight is 319 g/mol. The van der Waals surface area contributed by atoms with E-state index in [1.165, 1.54) is 0 Å². The van der Waals surface area contributed by atoms with Crippen LogP contribution < -0.4 is 0 Å². The minimum atomic E-state index is -0.528. The number of carbonyl (C=O) groups is 2. The van der Waals surface area contributed by atoms with E-state index in [-0.39, 0.29) is 23.7 Å². The summed E-state index contributed by atoms with van der Waals surface area (Å²) < 4.78 is 5.42. The van der Waals surface area contributed by atoms with Crippen LogP contribution >= 0.6 is 0 Å². The number of phenolic OH excluding ortho intramolecular Hbond substituents is 1. The van der Waals surface area contributed by atoms with Gasteiger partial charge in [0.05, 0.1) is 0 Å². The van der Waals surface area contributed by atoms with Crippen molar-refractivity contribution in [3.05, 3.63) is 29.8 Å². The number of piperidine rings is 1. The lowest BCUT2D eigenvalue weighted by molar-refractivity contribution is -0.110. The van der Waals surface area contributed by atoms with Crippen molar-refractivity contribution >= 4 is 12.4 Å². The number of hydrogen-bond donors (Lipinski definition) is 1. The van der Waals surface area contributed by atoms with Gasteiger partial charge in [-0.15, -0.1) is 0 Å². The second kappa shape index (κ2) is 7.02. The van der Waals surface area contributed by atoms with Gasteiger partial charge >= 0.3 is 6.09 Å². The normalized spacial score (nSPS) is 20.0. The van der Waals surface area contributed by atoms with Gasteiger partial charge in [-0.1, -0.05) is 12.1 Å². The van der Waals surface area contributed by atoms with Crippen LogP contribution in [0.25, 0.3) is 0 Å². The Morgan fingerprint density at radius 1 is 1.43 bits per heavy atom. The molecule has 0 spiro atoms. The number of hydrogen-bond acceptors (Lipinski definition) is 4. The van der Waals surface area contributed by atoms with E-state index < -0.39 is 5.60 Å². The first-order valence-corrected chi connectivity index (χ1v) is 8.02. The number of likely N-dealkylation sites (tertiary alicyclic amines) is 1. The molecule has 0 saturated carbocycles. The van der Waals surface area contributed by atoms with Gasteiger partial charge in [0.15, 0.2) is 0 Å². The second-order valence-electron chi connectivity index (χ2n) is 7.09. The number of benzene rings is 1. The number of nitrogens with zero attached hydrogens (tertiary/aromatic N) is 1. The lowest BCUT2D eigenvalue weighted by atomic mass is 9.82. The summed E-state index contributed by atoms with van der Waals surface area (Å²) in [5.41, 5.74) is 0.260. The van der Waals surface area contributed by atoms with Gasteiger partial charge in [-0.2, -0.15) is 0 Å². The van der Waals surface area contributed by atoms with Crippen molar-refractivity contribution in [1.82, 2.24) is 4.90 Å². The van der Waals surface area contributed by atoms with Gasteiger partial charge in [-0.25, -0.2) is 4.79 Å². The number of rotatable bonds is 3. The van der Waals surface area contributed by atoms with Crippen LogP contribution in [0.2, 0.25) is 0 Å². The molecule has 1 aliphatic rings. The maximum Gasteiger partial charge on any atom is 0.410 e. The van der Waals surface area contributed by atoms with Crippen LogP contribution in [0.5, 0.6) is 5.75 Å². The van der Waals surface area contributed by atoms with E-state index in [0.29, 0.717) is 13.1 Å². The van der Waals surface area contributed by atoms with Gasteiger partial charge in [0, 0.05) is 19.0 Å². The summed E-state index contributed by atoms with van der Waals surface area (Å²) in [5, 5.41) is 9.62. The van der Waals surface area contributed by atoms with E-state index in [0.717, 1.165) is 24.7 Å². The Labute approximate surface area is 137 Å². The summed E-state index contributed by atoms with van der Waals surface area (Å²) >= 11 is 0. The van der Waals surface area contributed by atoms with Crippen LogP contribution in [0.4, 0.5) is 4.79 Å². The molecule has 2 atom stereocenters. The predicted octanol–water partition coefficient (Wildman–Crippen LogP) is 3.32. The summed E-state index contributed by atoms with van der Waals surface area (Å²) in [6, 6.07) is 6.77. The monoisotopic (exact) mass is 319 g/mol. The van der Waals surface area contributed by atoms with Crippen LogP contribution in [0.3, 0.4) is 0 Å². The summed E-state index contributed by atoms with van der Waals surface area (Å²) in [4.78, 5) is 25.5. The molecule has 2 rings (SSSR count). The van der Waals surface area contributed by atoms with E-state index in [9.17, 15) is 14.7 Å². The molecule has 1 aliphatic heterocycles. The van der Waals surface area contributed by atoms with Crippen molar-refractivity contribution in [1.29, 1.82) is 0 Å². The lowest BCUT2D eigenvalue weighted by Crippen LogP contribution is -2.44. The molecule has 1 amide bonds. The molecule has 126 valence electrons. The zero-order valence-electron chi connectivity index (χ0n) is 14.0. The second-order valence-corrected chi connectivity index (χ2v) is 7.09. The molecular formula is C18H25NO4. The molecule has 5 heteroatoms. The molecule has 1 saturated heterocycles. The van der Waals surface area contributed by atoms with E-state index in [1.807, 2.05) is 26.8 Å². The zero-order chi connectivity index (χ0) is 17.0. The van der Waals surface area contributed by atoms with Gasteiger partial charge in [-0.3, -0.25) is 0 Å². The van der Waals surface area contributed by atoms with E-state index in [1.54, 1.807) is 23.1 Å². The largest absolute Gasteiger partial charge is 0.508 e. The van der Waals surface area contributed by atoms with E-state index in [2.05, 4.69) is 0 Å². The number of ether oxygens (including phenoxy) is 1. The summed E-state index contributed by atoms with van der Waals surface area (Å²) in [6.07, 6.45) is 2.30. The third-order valence-electron chi connectivity index (χ3n) is 4.02. The third kappa shape index (κ3) is 4.71. The number of amides is 1. The van der Waals surface area contributed by atoms with Gasteiger partial charge in [0.25, 0.3) is 0 Å². The molecule has 0 aromatic heterocycles. The predicted molar refractivity (Wildman–Crippen MR) is 87.4 cm³/mol. The first-order valence-electron chi connectivity index (χ1n) is 8.02. The number of phenols is 1. The number of carbonyl (C=O) groups excluding carboxylic acids is 2. The van der Waals surface area contributed by atoms with Crippen molar-refractivity contribution in [2.24, 2.45) is 5.92 Å². The molecule has 0 radical (unpaired) electrons. The third-order valence-corrected chi connectivity index (χ3v) is 4.02. The number of aldehydes is 1. The summed E-state index contributed by atoms with van der Waals surface area (Å²) in [5.74, 6) is -0.142. The molecule has 5 nitrogen and oxygen atoms in total. The lowest BCUT2D eigenvalue weighted by Gasteiger charge is -2.36. The van der Waals surface area contributed by atoms with Crippen LogP contribution in [-0.4, -0.2) is 41.1 Å². The fraction of sp³-hybridized carbons (Fsp3) is 0.556. The molecule has 1 aromatic carbocycles. The molecule has 1 aromatic rings. The molecule has 0 bridgehead atoms. The van der Waals surface area contributed by atoms with Gasteiger partial charge in [0.1, 0.15) is 17.6 Å². The highest BCUT2D eigenvalue weighted by molar-refractivity contribution is 5.69. The molecular weight excluding hydrogens is 294 g/mol. The highest BCUT2D eigenvalue weighted by Crippen LogP contribution is 2.32. The molecule has 1 heterocycles.